The zero-order valence-corrected chi connectivity index (χ0v) is 13.3. The maximum Gasteiger partial charge on any atom is 0.306 e. The first-order valence-corrected chi connectivity index (χ1v) is 8.19. The molecule has 0 aromatic heterocycles. The maximum atomic E-state index is 12.3. The van der Waals surface area contributed by atoms with Gasteiger partial charge in [0, 0.05) is 25.0 Å². The molecule has 2 rings (SSSR count). The lowest BCUT2D eigenvalue weighted by Crippen LogP contribution is -2.42. The normalized spacial score (nSPS) is 25.4. The fraction of sp³-hybridized carbons (Fsp3) is 0.875. The van der Waals surface area contributed by atoms with E-state index in [0.717, 1.165) is 38.3 Å². The van der Waals surface area contributed by atoms with Crippen LogP contribution in [0.2, 0.25) is 0 Å². The molecule has 0 aromatic carbocycles. The Morgan fingerprint density at radius 2 is 1.95 bits per heavy atom. The van der Waals surface area contributed by atoms with Crippen LogP contribution in [0.25, 0.3) is 0 Å². The molecule has 21 heavy (non-hydrogen) atoms. The molecule has 1 heterocycles. The summed E-state index contributed by atoms with van der Waals surface area (Å²) in [7, 11) is 1.36. The van der Waals surface area contributed by atoms with Crippen LogP contribution in [-0.2, 0) is 14.3 Å². The van der Waals surface area contributed by atoms with Crippen molar-refractivity contribution >= 4 is 11.9 Å². The summed E-state index contributed by atoms with van der Waals surface area (Å²) in [5.74, 6) is 0.566. The number of carbonyl (C=O) groups is 2. The van der Waals surface area contributed by atoms with Gasteiger partial charge in [-0.3, -0.25) is 9.59 Å². The minimum absolute atomic E-state index is 0.104. The van der Waals surface area contributed by atoms with Gasteiger partial charge in [-0.2, -0.15) is 0 Å². The Balaban J connectivity index is 1.74. The molecule has 1 saturated carbocycles. The van der Waals surface area contributed by atoms with Gasteiger partial charge in [0.05, 0.1) is 13.5 Å². The molecule has 1 N–H and O–H groups in total. The zero-order valence-electron chi connectivity index (χ0n) is 13.3. The molecule has 2 fully saturated rings. The lowest BCUT2D eigenvalue weighted by molar-refractivity contribution is -0.143. The van der Waals surface area contributed by atoms with E-state index in [1.165, 1.54) is 20.0 Å². The molecule has 1 aliphatic carbocycles. The molecule has 0 radical (unpaired) electrons. The smallest absolute Gasteiger partial charge is 0.306 e. The van der Waals surface area contributed by atoms with Crippen LogP contribution in [0, 0.1) is 5.92 Å². The molecule has 5 nitrogen and oxygen atoms in total. The Bertz CT molecular complexity index is 361. The van der Waals surface area contributed by atoms with Gasteiger partial charge in [0.1, 0.15) is 0 Å². The molecular weight excluding hydrogens is 268 g/mol. The molecule has 1 amide bonds. The average Bonchev–Trinajstić information content (AvgIpc) is 3.31. The van der Waals surface area contributed by atoms with Crippen LogP contribution in [-0.4, -0.2) is 49.1 Å². The monoisotopic (exact) mass is 296 g/mol. The number of carbonyl (C=O) groups excluding carboxylic acids is 2. The molecule has 5 heteroatoms. The summed E-state index contributed by atoms with van der Waals surface area (Å²) >= 11 is 0. The second-order valence-corrected chi connectivity index (χ2v) is 6.47. The second-order valence-electron chi connectivity index (χ2n) is 6.47. The number of hydrogen-bond donors (Lipinski definition) is 1. The highest BCUT2D eigenvalue weighted by molar-refractivity contribution is 5.81. The summed E-state index contributed by atoms with van der Waals surface area (Å²) in [4.78, 5) is 25.4. The van der Waals surface area contributed by atoms with Gasteiger partial charge in [-0.05, 0) is 44.6 Å². The average molecular weight is 296 g/mol. The first-order valence-electron chi connectivity index (χ1n) is 8.19. The molecule has 0 aromatic rings. The number of nitrogens with zero attached hydrogens (tertiary/aromatic N) is 1. The Morgan fingerprint density at radius 1 is 1.19 bits per heavy atom. The Labute approximate surface area is 127 Å². The molecule has 2 atom stereocenters. The summed E-state index contributed by atoms with van der Waals surface area (Å²) < 4.78 is 4.60. The fourth-order valence-electron chi connectivity index (χ4n) is 2.95. The molecule has 1 saturated heterocycles. The molecule has 120 valence electrons. The van der Waals surface area contributed by atoms with Crippen LogP contribution < -0.4 is 5.32 Å². The van der Waals surface area contributed by atoms with Crippen molar-refractivity contribution in [3.8, 4) is 0 Å². The van der Waals surface area contributed by atoms with E-state index in [-0.39, 0.29) is 24.7 Å². The van der Waals surface area contributed by atoms with Crippen molar-refractivity contribution in [2.24, 2.45) is 5.92 Å². The number of rotatable bonds is 7. The fourth-order valence-corrected chi connectivity index (χ4v) is 2.95. The van der Waals surface area contributed by atoms with Crippen LogP contribution in [0.4, 0.5) is 0 Å². The number of methoxy groups -OCH3 is 1. The number of nitrogens with one attached hydrogen (secondary N) is 1. The third-order valence-corrected chi connectivity index (χ3v) is 4.56. The minimum Gasteiger partial charge on any atom is -0.469 e. The number of amides is 1. The highest BCUT2D eigenvalue weighted by Crippen LogP contribution is 2.28. The predicted molar refractivity (Wildman–Crippen MR) is 80.8 cm³/mol. The van der Waals surface area contributed by atoms with Gasteiger partial charge < -0.3 is 15.0 Å². The Kier molecular flexibility index (Phi) is 6.03. The van der Waals surface area contributed by atoms with Crippen molar-refractivity contribution in [2.75, 3.05) is 20.2 Å². The van der Waals surface area contributed by atoms with E-state index in [1.807, 2.05) is 4.90 Å². The Hall–Kier alpha value is -1.10. The van der Waals surface area contributed by atoms with Crippen molar-refractivity contribution in [3.05, 3.63) is 0 Å². The SMILES string of the molecule is COC(=O)CCC(=O)N(CC[C@H]1CC[C@@H](C)CN1)C1CC1. The standard InChI is InChI=1S/C16H28N2O3/c1-12-3-4-13(17-11-12)9-10-18(14-5-6-14)15(19)7-8-16(20)21-2/h12-14,17H,3-11H2,1-2H3/t12-,13-/m1/s1. The topological polar surface area (TPSA) is 58.6 Å². The van der Waals surface area contributed by atoms with E-state index in [1.54, 1.807) is 0 Å². The summed E-state index contributed by atoms with van der Waals surface area (Å²) in [5.41, 5.74) is 0. The van der Waals surface area contributed by atoms with E-state index in [4.69, 9.17) is 0 Å². The quantitative estimate of drug-likeness (QED) is 0.727. The van der Waals surface area contributed by atoms with Crippen LogP contribution in [0.15, 0.2) is 0 Å². The van der Waals surface area contributed by atoms with Crippen molar-refractivity contribution in [2.45, 2.75) is 64.0 Å². The molecule has 1 aliphatic heterocycles. The van der Waals surface area contributed by atoms with Crippen LogP contribution in [0.3, 0.4) is 0 Å². The summed E-state index contributed by atoms with van der Waals surface area (Å²) in [6.07, 6.45) is 6.19. The third kappa shape index (κ3) is 5.30. The first-order chi connectivity index (χ1) is 10.1. The summed E-state index contributed by atoms with van der Waals surface area (Å²) in [5, 5.41) is 3.57. The van der Waals surface area contributed by atoms with Gasteiger partial charge in [-0.1, -0.05) is 6.92 Å². The molecule has 0 bridgehead atoms. The van der Waals surface area contributed by atoms with E-state index in [9.17, 15) is 9.59 Å². The van der Waals surface area contributed by atoms with Crippen molar-refractivity contribution in [1.29, 1.82) is 0 Å². The van der Waals surface area contributed by atoms with E-state index >= 15 is 0 Å². The zero-order chi connectivity index (χ0) is 15.2. The van der Waals surface area contributed by atoms with E-state index in [0.29, 0.717) is 12.1 Å². The largest absolute Gasteiger partial charge is 0.469 e. The summed E-state index contributed by atoms with van der Waals surface area (Å²) in [6.45, 7) is 4.18. The van der Waals surface area contributed by atoms with Gasteiger partial charge in [0.2, 0.25) is 5.91 Å². The number of piperidine rings is 1. The van der Waals surface area contributed by atoms with Crippen molar-refractivity contribution < 1.29 is 14.3 Å². The van der Waals surface area contributed by atoms with Crippen LogP contribution in [0.1, 0.15) is 51.9 Å². The number of ether oxygens (including phenoxy) is 1. The lowest BCUT2D eigenvalue weighted by atomic mass is 9.94. The molecule has 0 spiro atoms. The van der Waals surface area contributed by atoms with Crippen molar-refractivity contribution in [1.82, 2.24) is 10.2 Å². The minimum atomic E-state index is -0.304. The van der Waals surface area contributed by atoms with Gasteiger partial charge in [-0.15, -0.1) is 0 Å². The summed E-state index contributed by atoms with van der Waals surface area (Å²) in [6, 6.07) is 0.952. The van der Waals surface area contributed by atoms with E-state index in [2.05, 4.69) is 17.0 Å². The number of esters is 1. The highest BCUT2D eigenvalue weighted by atomic mass is 16.5. The van der Waals surface area contributed by atoms with Gasteiger partial charge >= 0.3 is 5.97 Å². The third-order valence-electron chi connectivity index (χ3n) is 4.56. The predicted octanol–water partition coefficient (Wildman–Crippen LogP) is 1.71. The highest BCUT2D eigenvalue weighted by Gasteiger charge is 2.32. The van der Waals surface area contributed by atoms with E-state index < -0.39 is 0 Å². The van der Waals surface area contributed by atoms with Gasteiger partial charge in [0.15, 0.2) is 0 Å². The molecule has 0 unspecified atom stereocenters. The lowest BCUT2D eigenvalue weighted by Gasteiger charge is -2.30. The van der Waals surface area contributed by atoms with Crippen molar-refractivity contribution in [3.63, 3.8) is 0 Å². The second kappa shape index (κ2) is 7.78. The first kappa shape index (κ1) is 16.3. The maximum absolute atomic E-state index is 12.3. The Morgan fingerprint density at radius 3 is 2.52 bits per heavy atom. The van der Waals surface area contributed by atoms with Gasteiger partial charge in [-0.25, -0.2) is 0 Å². The van der Waals surface area contributed by atoms with Gasteiger partial charge in [0.25, 0.3) is 0 Å². The number of hydrogen-bond acceptors (Lipinski definition) is 4. The van der Waals surface area contributed by atoms with Crippen LogP contribution >= 0.6 is 0 Å². The molecule has 2 aliphatic rings. The van der Waals surface area contributed by atoms with Crippen LogP contribution in [0.5, 0.6) is 0 Å². The molecular formula is C16H28N2O3.